The van der Waals surface area contributed by atoms with Crippen LogP contribution >= 0.6 is 0 Å². The van der Waals surface area contributed by atoms with Crippen LogP contribution in [0.3, 0.4) is 0 Å². The van der Waals surface area contributed by atoms with E-state index in [0.29, 0.717) is 36.9 Å². The average Bonchev–Trinajstić information content (AvgIpc) is 2.64. The number of aryl methyl sites for hydroxylation is 2. The van der Waals surface area contributed by atoms with Gasteiger partial charge in [0.1, 0.15) is 13.2 Å². The molecule has 0 radical (unpaired) electrons. The maximum atomic E-state index is 12.4. The van der Waals surface area contributed by atoms with E-state index in [2.05, 4.69) is 5.32 Å². The molecule has 1 aliphatic heterocycles. The first kappa shape index (κ1) is 18.8. The van der Waals surface area contributed by atoms with E-state index >= 15 is 0 Å². The Morgan fingerprint density at radius 1 is 1.04 bits per heavy atom. The fourth-order valence-corrected chi connectivity index (χ4v) is 3.02. The monoisotopic (exact) mass is 368 g/mol. The molecule has 27 heavy (non-hydrogen) atoms. The number of ether oxygens (including phenoxy) is 2. The second-order valence-electron chi connectivity index (χ2n) is 6.62. The normalized spacial score (nSPS) is 12.4. The number of nitrogens with one attached hydrogen (secondary N) is 1. The first-order chi connectivity index (χ1) is 12.9. The Balaban J connectivity index is 1.64. The van der Waals surface area contributed by atoms with Gasteiger partial charge in [-0.2, -0.15) is 0 Å². The maximum Gasteiger partial charge on any atom is 0.226 e. The molecule has 0 saturated heterocycles. The van der Waals surface area contributed by atoms with Gasteiger partial charge in [0.25, 0.3) is 0 Å². The van der Waals surface area contributed by atoms with Gasteiger partial charge in [-0.1, -0.05) is 12.1 Å². The third-order valence-electron chi connectivity index (χ3n) is 4.42. The van der Waals surface area contributed by atoms with Crippen LogP contribution < -0.4 is 19.7 Å². The number of carbonyl (C=O) groups excluding carboxylic acids is 2. The quantitative estimate of drug-likeness (QED) is 0.878. The lowest BCUT2D eigenvalue weighted by atomic mass is 10.1. The fraction of sp³-hybridized carbons (Fsp3) is 0.333. The topological polar surface area (TPSA) is 67.9 Å². The van der Waals surface area contributed by atoms with E-state index in [1.54, 1.807) is 23.1 Å². The number of hydrogen-bond acceptors (Lipinski definition) is 4. The number of anilines is 2. The van der Waals surface area contributed by atoms with Crippen LogP contribution in [0, 0.1) is 13.8 Å². The molecule has 0 unspecified atom stereocenters. The van der Waals surface area contributed by atoms with Crippen LogP contribution in [0.2, 0.25) is 0 Å². The molecule has 0 saturated carbocycles. The Morgan fingerprint density at radius 2 is 1.78 bits per heavy atom. The van der Waals surface area contributed by atoms with Crippen LogP contribution in [-0.2, 0) is 9.59 Å². The van der Waals surface area contributed by atoms with Crippen LogP contribution in [0.1, 0.15) is 24.5 Å². The number of fused-ring (bicyclic) bond motifs is 1. The van der Waals surface area contributed by atoms with Gasteiger partial charge in [0.05, 0.1) is 0 Å². The summed E-state index contributed by atoms with van der Waals surface area (Å²) in [7, 11) is 0. The van der Waals surface area contributed by atoms with Crippen molar-refractivity contribution in [1.82, 2.24) is 0 Å². The number of amides is 2. The smallest absolute Gasteiger partial charge is 0.226 e. The zero-order valence-electron chi connectivity index (χ0n) is 15.9. The van der Waals surface area contributed by atoms with Gasteiger partial charge >= 0.3 is 0 Å². The summed E-state index contributed by atoms with van der Waals surface area (Å²) in [5, 5.41) is 2.85. The molecule has 0 spiro atoms. The van der Waals surface area contributed by atoms with Gasteiger partial charge in [-0.3, -0.25) is 9.59 Å². The van der Waals surface area contributed by atoms with Crippen LogP contribution in [0.15, 0.2) is 36.4 Å². The number of nitrogens with zero attached hydrogens (tertiary/aromatic N) is 1. The van der Waals surface area contributed by atoms with Crippen molar-refractivity contribution in [1.29, 1.82) is 0 Å². The summed E-state index contributed by atoms with van der Waals surface area (Å²) >= 11 is 0. The molecular formula is C21H24N2O4. The highest BCUT2D eigenvalue weighted by Gasteiger charge is 2.17. The third-order valence-corrected chi connectivity index (χ3v) is 4.42. The summed E-state index contributed by atoms with van der Waals surface area (Å²) in [5.41, 5.74) is 3.56. The minimum atomic E-state index is -0.164. The van der Waals surface area contributed by atoms with Crippen LogP contribution in [-0.4, -0.2) is 31.6 Å². The summed E-state index contributed by atoms with van der Waals surface area (Å²) in [6.07, 6.45) is 0.196. The van der Waals surface area contributed by atoms with Gasteiger partial charge in [0, 0.05) is 37.3 Å². The molecule has 0 bridgehead atoms. The molecule has 2 aromatic rings. The summed E-state index contributed by atoms with van der Waals surface area (Å²) in [5.74, 6) is 1.05. The molecular weight excluding hydrogens is 344 g/mol. The summed E-state index contributed by atoms with van der Waals surface area (Å²) in [4.78, 5) is 26.1. The number of carbonyl (C=O) groups is 2. The van der Waals surface area contributed by atoms with Gasteiger partial charge in [0.15, 0.2) is 11.5 Å². The van der Waals surface area contributed by atoms with E-state index in [-0.39, 0.29) is 18.2 Å². The SMILES string of the molecule is CC(=O)N(CCC(=O)Nc1ccc2c(c1)OCCO2)c1cc(C)ccc1C. The molecule has 0 aliphatic carbocycles. The summed E-state index contributed by atoms with van der Waals surface area (Å²) in [6.45, 7) is 6.79. The molecule has 6 nitrogen and oxygen atoms in total. The third kappa shape index (κ3) is 4.58. The van der Waals surface area contributed by atoms with Gasteiger partial charge in [0.2, 0.25) is 11.8 Å². The molecule has 1 N–H and O–H groups in total. The summed E-state index contributed by atoms with van der Waals surface area (Å²) < 4.78 is 11.0. The van der Waals surface area contributed by atoms with Crippen LogP contribution in [0.25, 0.3) is 0 Å². The van der Waals surface area contributed by atoms with E-state index < -0.39 is 0 Å². The first-order valence-electron chi connectivity index (χ1n) is 8.99. The van der Waals surface area contributed by atoms with Crippen molar-refractivity contribution in [2.45, 2.75) is 27.2 Å². The van der Waals surface area contributed by atoms with Gasteiger partial charge < -0.3 is 19.7 Å². The highest BCUT2D eigenvalue weighted by atomic mass is 16.6. The lowest BCUT2D eigenvalue weighted by Crippen LogP contribution is -2.32. The molecule has 0 aromatic heterocycles. The Hall–Kier alpha value is -3.02. The Labute approximate surface area is 159 Å². The molecule has 2 amide bonds. The standard InChI is InChI=1S/C21H24N2O4/c1-14-4-5-15(2)18(12-14)23(16(3)24)9-8-21(25)22-17-6-7-19-20(13-17)27-11-10-26-19/h4-7,12-13H,8-11H2,1-3H3,(H,22,25). The zero-order chi connectivity index (χ0) is 19.4. The Morgan fingerprint density at radius 3 is 2.52 bits per heavy atom. The van der Waals surface area contributed by atoms with Gasteiger partial charge in [-0.15, -0.1) is 0 Å². The van der Waals surface area contributed by atoms with Crippen molar-refractivity contribution < 1.29 is 19.1 Å². The average molecular weight is 368 g/mol. The van der Waals surface area contributed by atoms with Crippen molar-refractivity contribution in [3.63, 3.8) is 0 Å². The van der Waals surface area contributed by atoms with Crippen LogP contribution in [0.4, 0.5) is 11.4 Å². The predicted molar refractivity (Wildman–Crippen MR) is 105 cm³/mol. The molecule has 2 aromatic carbocycles. The van der Waals surface area contributed by atoms with Gasteiger partial charge in [-0.05, 0) is 43.2 Å². The van der Waals surface area contributed by atoms with E-state index in [4.69, 9.17) is 9.47 Å². The number of rotatable bonds is 5. The first-order valence-corrected chi connectivity index (χ1v) is 8.99. The largest absolute Gasteiger partial charge is 0.486 e. The van der Waals surface area contributed by atoms with E-state index in [1.807, 2.05) is 32.0 Å². The van der Waals surface area contributed by atoms with Gasteiger partial charge in [-0.25, -0.2) is 0 Å². The van der Waals surface area contributed by atoms with E-state index in [1.165, 1.54) is 6.92 Å². The second kappa shape index (κ2) is 8.12. The molecule has 6 heteroatoms. The minimum absolute atomic E-state index is 0.0872. The summed E-state index contributed by atoms with van der Waals surface area (Å²) in [6, 6.07) is 11.3. The van der Waals surface area contributed by atoms with Crippen LogP contribution in [0.5, 0.6) is 11.5 Å². The highest BCUT2D eigenvalue weighted by Crippen LogP contribution is 2.32. The van der Waals surface area contributed by atoms with Crippen molar-refractivity contribution in [3.05, 3.63) is 47.5 Å². The molecule has 3 rings (SSSR count). The molecule has 0 atom stereocenters. The molecule has 0 fully saturated rings. The maximum absolute atomic E-state index is 12.4. The van der Waals surface area contributed by atoms with Crippen molar-refractivity contribution in [2.75, 3.05) is 30.0 Å². The second-order valence-corrected chi connectivity index (χ2v) is 6.62. The fourth-order valence-electron chi connectivity index (χ4n) is 3.02. The van der Waals surface area contributed by atoms with E-state index in [9.17, 15) is 9.59 Å². The molecule has 1 heterocycles. The Kier molecular flexibility index (Phi) is 5.64. The van der Waals surface area contributed by atoms with Crippen molar-refractivity contribution in [2.24, 2.45) is 0 Å². The van der Waals surface area contributed by atoms with Crippen molar-refractivity contribution >= 4 is 23.2 Å². The number of benzene rings is 2. The van der Waals surface area contributed by atoms with Crippen molar-refractivity contribution in [3.8, 4) is 11.5 Å². The number of hydrogen-bond donors (Lipinski definition) is 1. The highest BCUT2D eigenvalue weighted by molar-refractivity contribution is 5.95. The zero-order valence-corrected chi connectivity index (χ0v) is 15.9. The van der Waals surface area contributed by atoms with E-state index in [0.717, 1.165) is 16.8 Å². The minimum Gasteiger partial charge on any atom is -0.486 e. The Bertz CT molecular complexity index is 863. The molecule has 142 valence electrons. The lowest BCUT2D eigenvalue weighted by Gasteiger charge is -2.23. The lowest BCUT2D eigenvalue weighted by molar-refractivity contribution is -0.117. The molecule has 1 aliphatic rings. The predicted octanol–water partition coefficient (Wildman–Crippen LogP) is 3.46.